The van der Waals surface area contributed by atoms with Crippen LogP contribution in [0.2, 0.25) is 0 Å². The molecule has 0 amide bonds. The summed E-state index contributed by atoms with van der Waals surface area (Å²) >= 11 is 0. The van der Waals surface area contributed by atoms with E-state index in [-0.39, 0.29) is 11.3 Å². The second-order valence-corrected chi connectivity index (χ2v) is 7.22. The first-order valence-corrected chi connectivity index (χ1v) is 9.91. The highest BCUT2D eigenvalue weighted by molar-refractivity contribution is 5.95. The molecule has 28 heavy (non-hydrogen) atoms. The van der Waals surface area contributed by atoms with Crippen LogP contribution in [0.3, 0.4) is 0 Å². The number of Topliss-reactive ketones (excluding diaryl/α,β-unsaturated/α-hetero) is 1. The fourth-order valence-corrected chi connectivity index (χ4v) is 3.61. The average molecular weight is 384 g/mol. The summed E-state index contributed by atoms with van der Waals surface area (Å²) in [5.74, 6) is -0.736. The van der Waals surface area contributed by atoms with Gasteiger partial charge in [0.2, 0.25) is 0 Å². The maximum Gasteiger partial charge on any atom is 0.162 e. The lowest BCUT2D eigenvalue weighted by Gasteiger charge is -2.17. The molecule has 1 heterocycles. The number of allylic oxidation sites excluding steroid dienone is 1. The summed E-state index contributed by atoms with van der Waals surface area (Å²) in [5, 5.41) is 8.73. The summed E-state index contributed by atoms with van der Waals surface area (Å²) in [6.07, 6.45) is 7.92. The standard InChI is InChI=1S/C23H30FN3O/c1-7-10-18(11-8-2)27-22(9-3)21(25-26-27)14-15(4)19-12-13-20(17(6)28)23(24)16(19)5/h9,12-14,18H,3,7-8,10-11H2,1-2,4-6H3/b15-14+. The van der Waals surface area contributed by atoms with E-state index in [0.717, 1.165) is 48.2 Å². The summed E-state index contributed by atoms with van der Waals surface area (Å²) in [7, 11) is 0. The minimum atomic E-state index is -0.462. The van der Waals surface area contributed by atoms with Crippen molar-refractivity contribution in [2.45, 2.75) is 66.3 Å². The third-order valence-electron chi connectivity index (χ3n) is 5.08. The van der Waals surface area contributed by atoms with Crippen LogP contribution in [-0.4, -0.2) is 20.8 Å². The molecule has 1 aromatic carbocycles. The first-order chi connectivity index (χ1) is 13.3. The Hall–Kier alpha value is -2.56. The second kappa shape index (κ2) is 9.58. The van der Waals surface area contributed by atoms with Crippen molar-refractivity contribution in [3.05, 3.63) is 52.6 Å². The fourth-order valence-electron chi connectivity index (χ4n) is 3.61. The fraction of sp³-hybridized carbons (Fsp3) is 0.435. The molecule has 0 aliphatic rings. The van der Waals surface area contributed by atoms with Crippen molar-refractivity contribution in [1.29, 1.82) is 0 Å². The Bertz CT molecular complexity index is 889. The average Bonchev–Trinajstić information content (AvgIpc) is 3.05. The largest absolute Gasteiger partial charge is 0.294 e. The predicted molar refractivity (Wildman–Crippen MR) is 114 cm³/mol. The minimum absolute atomic E-state index is 0.119. The van der Waals surface area contributed by atoms with Crippen LogP contribution in [0.25, 0.3) is 17.7 Å². The highest BCUT2D eigenvalue weighted by Gasteiger charge is 2.18. The van der Waals surface area contributed by atoms with E-state index in [1.165, 1.54) is 6.92 Å². The molecule has 0 aliphatic heterocycles. The summed E-state index contributed by atoms with van der Waals surface area (Å²) in [5.41, 5.74) is 3.80. The first kappa shape index (κ1) is 21.7. The van der Waals surface area contributed by atoms with Gasteiger partial charge in [0.1, 0.15) is 11.5 Å². The van der Waals surface area contributed by atoms with Crippen molar-refractivity contribution in [1.82, 2.24) is 15.0 Å². The molecule has 0 bridgehead atoms. The van der Waals surface area contributed by atoms with E-state index in [9.17, 15) is 9.18 Å². The van der Waals surface area contributed by atoms with Crippen molar-refractivity contribution in [2.75, 3.05) is 0 Å². The molecule has 0 aliphatic carbocycles. The van der Waals surface area contributed by atoms with Gasteiger partial charge in [0.25, 0.3) is 0 Å². The lowest BCUT2D eigenvalue weighted by atomic mass is 9.96. The third kappa shape index (κ3) is 4.46. The van der Waals surface area contributed by atoms with Crippen LogP contribution in [0, 0.1) is 12.7 Å². The molecule has 2 aromatic rings. The number of ketones is 1. The van der Waals surface area contributed by atoms with Gasteiger partial charge < -0.3 is 0 Å². The number of benzene rings is 1. The Morgan fingerprint density at radius 2 is 1.82 bits per heavy atom. The molecule has 0 radical (unpaired) electrons. The molecular formula is C23H30FN3O. The van der Waals surface area contributed by atoms with Gasteiger partial charge in [0.05, 0.1) is 17.3 Å². The van der Waals surface area contributed by atoms with Gasteiger partial charge >= 0.3 is 0 Å². The number of nitrogens with zero attached hydrogens (tertiary/aromatic N) is 3. The zero-order chi connectivity index (χ0) is 20.8. The molecule has 0 atom stereocenters. The van der Waals surface area contributed by atoms with Crippen LogP contribution in [0.15, 0.2) is 18.7 Å². The number of hydrogen-bond donors (Lipinski definition) is 0. The summed E-state index contributed by atoms with van der Waals surface area (Å²) in [4.78, 5) is 11.6. The molecule has 0 saturated heterocycles. The van der Waals surface area contributed by atoms with Crippen molar-refractivity contribution in [3.8, 4) is 0 Å². The van der Waals surface area contributed by atoms with Gasteiger partial charge in [-0.05, 0) is 68.5 Å². The number of rotatable bonds is 9. The van der Waals surface area contributed by atoms with E-state index in [1.54, 1.807) is 25.1 Å². The van der Waals surface area contributed by atoms with Gasteiger partial charge in [-0.3, -0.25) is 4.79 Å². The molecule has 150 valence electrons. The number of carbonyl (C=O) groups is 1. The lowest BCUT2D eigenvalue weighted by Crippen LogP contribution is -2.12. The van der Waals surface area contributed by atoms with Crippen molar-refractivity contribution in [2.24, 2.45) is 0 Å². The van der Waals surface area contributed by atoms with Crippen LogP contribution < -0.4 is 0 Å². The molecule has 2 rings (SSSR count). The zero-order valence-corrected chi connectivity index (χ0v) is 17.6. The Morgan fingerprint density at radius 1 is 1.21 bits per heavy atom. The molecule has 4 nitrogen and oxygen atoms in total. The maximum absolute atomic E-state index is 14.5. The van der Waals surface area contributed by atoms with E-state index in [0.29, 0.717) is 11.6 Å². The Kier molecular flexibility index (Phi) is 7.44. The molecule has 1 aromatic heterocycles. The number of hydrogen-bond acceptors (Lipinski definition) is 3. The third-order valence-corrected chi connectivity index (χ3v) is 5.08. The zero-order valence-electron chi connectivity index (χ0n) is 17.6. The summed E-state index contributed by atoms with van der Waals surface area (Å²) in [6, 6.07) is 3.63. The first-order valence-electron chi connectivity index (χ1n) is 9.91. The minimum Gasteiger partial charge on any atom is -0.294 e. The van der Waals surface area contributed by atoms with Crippen molar-refractivity contribution >= 4 is 23.5 Å². The molecule has 0 unspecified atom stereocenters. The molecule has 0 fully saturated rings. The van der Waals surface area contributed by atoms with E-state index in [4.69, 9.17) is 0 Å². The molecule has 0 spiro atoms. The quantitative estimate of drug-likeness (QED) is 0.479. The van der Waals surface area contributed by atoms with Gasteiger partial charge in [-0.1, -0.05) is 44.5 Å². The molecule has 0 N–H and O–H groups in total. The Morgan fingerprint density at radius 3 is 2.36 bits per heavy atom. The van der Waals surface area contributed by atoms with Crippen LogP contribution in [0.4, 0.5) is 4.39 Å². The Balaban J connectivity index is 2.47. The summed E-state index contributed by atoms with van der Waals surface area (Å²) < 4.78 is 16.5. The van der Waals surface area contributed by atoms with E-state index in [2.05, 4.69) is 30.7 Å². The van der Waals surface area contributed by atoms with Crippen molar-refractivity contribution < 1.29 is 9.18 Å². The summed E-state index contributed by atoms with van der Waals surface area (Å²) in [6.45, 7) is 13.3. The van der Waals surface area contributed by atoms with E-state index in [1.807, 2.05) is 17.7 Å². The number of carbonyl (C=O) groups excluding carboxylic acids is 1. The van der Waals surface area contributed by atoms with E-state index >= 15 is 0 Å². The van der Waals surface area contributed by atoms with Crippen LogP contribution in [0.5, 0.6) is 0 Å². The van der Waals surface area contributed by atoms with E-state index < -0.39 is 5.82 Å². The highest BCUT2D eigenvalue weighted by Crippen LogP contribution is 2.28. The van der Waals surface area contributed by atoms with Gasteiger partial charge in [0, 0.05) is 0 Å². The monoisotopic (exact) mass is 383 g/mol. The lowest BCUT2D eigenvalue weighted by molar-refractivity contribution is 0.101. The maximum atomic E-state index is 14.5. The number of halogens is 1. The normalized spacial score (nSPS) is 11.9. The van der Waals surface area contributed by atoms with Gasteiger partial charge in [-0.2, -0.15) is 0 Å². The van der Waals surface area contributed by atoms with Gasteiger partial charge in [0.15, 0.2) is 5.78 Å². The predicted octanol–water partition coefficient (Wildman–Crippen LogP) is 6.27. The van der Waals surface area contributed by atoms with Gasteiger partial charge in [-0.25, -0.2) is 9.07 Å². The second-order valence-electron chi connectivity index (χ2n) is 7.22. The molecule has 0 saturated carbocycles. The highest BCUT2D eigenvalue weighted by atomic mass is 19.1. The Labute approximate surface area is 167 Å². The number of aromatic nitrogens is 3. The van der Waals surface area contributed by atoms with Crippen LogP contribution in [0.1, 0.15) is 92.3 Å². The van der Waals surface area contributed by atoms with Crippen LogP contribution in [-0.2, 0) is 0 Å². The molecule has 5 heteroatoms. The topological polar surface area (TPSA) is 47.8 Å². The SMILES string of the molecule is C=Cc1c(/C=C(\C)c2ccc(C(C)=O)c(F)c2C)nnn1C(CCC)CCC. The smallest absolute Gasteiger partial charge is 0.162 e. The van der Waals surface area contributed by atoms with Crippen molar-refractivity contribution in [3.63, 3.8) is 0 Å². The van der Waals surface area contributed by atoms with Gasteiger partial charge in [-0.15, -0.1) is 5.10 Å². The molecular weight excluding hydrogens is 353 g/mol. The van der Waals surface area contributed by atoms with Crippen LogP contribution >= 0.6 is 0 Å².